The van der Waals surface area contributed by atoms with E-state index in [1.54, 1.807) is 25.1 Å². The van der Waals surface area contributed by atoms with Gasteiger partial charge in [-0.2, -0.15) is 8.78 Å². The van der Waals surface area contributed by atoms with Crippen LogP contribution in [-0.4, -0.2) is 21.8 Å². The Labute approximate surface area is 194 Å². The van der Waals surface area contributed by atoms with Crippen LogP contribution in [0.1, 0.15) is 55.7 Å². The van der Waals surface area contributed by atoms with Gasteiger partial charge >= 0.3 is 5.38 Å². The van der Waals surface area contributed by atoms with Gasteiger partial charge in [0.05, 0.1) is 11.3 Å². The van der Waals surface area contributed by atoms with Crippen molar-refractivity contribution in [2.45, 2.75) is 57.0 Å². The molecule has 4 nitrogen and oxygen atoms in total. The number of benzene rings is 2. The fourth-order valence-electron chi connectivity index (χ4n) is 3.38. The maximum absolute atomic E-state index is 14.6. The van der Waals surface area contributed by atoms with Crippen LogP contribution < -0.4 is 0 Å². The van der Waals surface area contributed by atoms with Gasteiger partial charge in [0.25, 0.3) is 0 Å². The van der Waals surface area contributed by atoms with Crippen LogP contribution in [0.4, 0.5) is 8.78 Å². The van der Waals surface area contributed by atoms with Crippen molar-refractivity contribution in [1.82, 2.24) is 0 Å². The van der Waals surface area contributed by atoms with Crippen LogP contribution in [0.3, 0.4) is 0 Å². The Bertz CT molecular complexity index is 998. The SMILES string of the molecule is Cc1cc(C2=NOC(c3cc(Cl)cc(Cl)c3)(C(F)(F)Cl)C2)ccc1C(O)OC(C)(C)C. The number of ether oxygens (including phenoxy) is 1. The molecule has 0 fully saturated rings. The number of alkyl halides is 3. The molecule has 2 aromatic carbocycles. The standard InChI is InChI=1S/C22H22Cl3F2NO3/c1-12-7-13(5-6-17(12)19(29)30-20(2,3)4)18-11-21(31-28-18,22(25,26)27)14-8-15(23)10-16(24)9-14/h5-10,19,29H,11H2,1-4H3. The highest BCUT2D eigenvalue weighted by Crippen LogP contribution is 2.51. The summed E-state index contributed by atoms with van der Waals surface area (Å²) in [4.78, 5) is 5.27. The fourth-order valence-corrected chi connectivity index (χ4v) is 4.11. The smallest absolute Gasteiger partial charge is 0.367 e. The molecule has 1 heterocycles. The second-order valence-electron chi connectivity index (χ2n) is 8.44. The third-order valence-corrected chi connectivity index (χ3v) is 5.59. The Kier molecular flexibility index (Phi) is 6.63. The number of aliphatic hydroxyl groups is 1. The Morgan fingerprint density at radius 3 is 2.26 bits per heavy atom. The van der Waals surface area contributed by atoms with Crippen LogP contribution in [0.2, 0.25) is 10.0 Å². The summed E-state index contributed by atoms with van der Waals surface area (Å²) in [6.45, 7) is 7.28. The second-order valence-corrected chi connectivity index (χ2v) is 9.79. The summed E-state index contributed by atoms with van der Waals surface area (Å²) < 4.78 is 34.7. The molecule has 0 bridgehead atoms. The van der Waals surface area contributed by atoms with Crippen molar-refractivity contribution in [3.05, 3.63) is 68.7 Å². The molecule has 0 radical (unpaired) electrons. The van der Waals surface area contributed by atoms with E-state index in [4.69, 9.17) is 44.4 Å². The van der Waals surface area contributed by atoms with Gasteiger partial charge in [-0.1, -0.05) is 40.5 Å². The summed E-state index contributed by atoms with van der Waals surface area (Å²) >= 11 is 17.5. The van der Waals surface area contributed by atoms with Crippen molar-refractivity contribution in [3.8, 4) is 0 Å². The zero-order chi connectivity index (χ0) is 23.2. The van der Waals surface area contributed by atoms with E-state index in [-0.39, 0.29) is 27.7 Å². The first-order valence-corrected chi connectivity index (χ1v) is 10.6. The molecule has 1 aliphatic rings. The lowest BCUT2D eigenvalue weighted by Gasteiger charge is -2.31. The minimum absolute atomic E-state index is 0.0195. The Hall–Kier alpha value is -1.44. The average Bonchev–Trinajstić information content (AvgIpc) is 3.06. The lowest BCUT2D eigenvalue weighted by molar-refractivity contribution is -0.169. The Morgan fingerprint density at radius 1 is 1.13 bits per heavy atom. The highest BCUT2D eigenvalue weighted by molar-refractivity contribution is 6.34. The molecule has 3 rings (SSSR count). The molecular formula is C22H22Cl3F2NO3. The zero-order valence-corrected chi connectivity index (χ0v) is 19.6. The van der Waals surface area contributed by atoms with Crippen molar-refractivity contribution >= 4 is 40.5 Å². The van der Waals surface area contributed by atoms with E-state index >= 15 is 0 Å². The van der Waals surface area contributed by atoms with Gasteiger partial charge < -0.3 is 14.7 Å². The van der Waals surface area contributed by atoms with Crippen LogP contribution in [0.25, 0.3) is 0 Å². The molecule has 1 aliphatic heterocycles. The van der Waals surface area contributed by atoms with Crippen molar-refractivity contribution in [2.75, 3.05) is 0 Å². The topological polar surface area (TPSA) is 51.0 Å². The van der Waals surface area contributed by atoms with Crippen LogP contribution in [0.15, 0.2) is 41.6 Å². The summed E-state index contributed by atoms with van der Waals surface area (Å²) in [5.41, 5.74) is -0.687. The van der Waals surface area contributed by atoms with Gasteiger partial charge in [0, 0.05) is 27.6 Å². The first-order valence-electron chi connectivity index (χ1n) is 9.47. The number of nitrogens with zero attached hydrogens (tertiary/aromatic N) is 1. The number of oxime groups is 1. The zero-order valence-electron chi connectivity index (χ0n) is 17.3. The molecule has 2 aromatic rings. The second kappa shape index (κ2) is 8.49. The van der Waals surface area contributed by atoms with E-state index < -0.39 is 22.9 Å². The van der Waals surface area contributed by atoms with Crippen LogP contribution >= 0.6 is 34.8 Å². The van der Waals surface area contributed by atoms with Crippen molar-refractivity contribution in [2.24, 2.45) is 5.16 Å². The van der Waals surface area contributed by atoms with E-state index in [1.807, 2.05) is 20.8 Å². The third kappa shape index (κ3) is 5.15. The lowest BCUT2D eigenvalue weighted by Crippen LogP contribution is -2.42. The largest absolute Gasteiger partial charge is 0.376 e. The number of rotatable bonds is 5. The maximum Gasteiger partial charge on any atom is 0.367 e. The molecule has 0 saturated carbocycles. The summed E-state index contributed by atoms with van der Waals surface area (Å²) in [5.74, 6) is 0. The number of aryl methyl sites for hydroxylation is 1. The molecule has 2 atom stereocenters. The van der Waals surface area contributed by atoms with Gasteiger partial charge in [-0.3, -0.25) is 0 Å². The van der Waals surface area contributed by atoms with E-state index in [0.717, 1.165) is 0 Å². The molecule has 31 heavy (non-hydrogen) atoms. The number of aliphatic hydroxyl groups excluding tert-OH is 1. The highest BCUT2D eigenvalue weighted by atomic mass is 35.5. The Balaban J connectivity index is 1.93. The van der Waals surface area contributed by atoms with Crippen LogP contribution in [-0.2, 0) is 15.2 Å². The first-order chi connectivity index (χ1) is 14.2. The minimum Gasteiger partial charge on any atom is -0.376 e. The minimum atomic E-state index is -3.79. The Morgan fingerprint density at radius 2 is 1.74 bits per heavy atom. The normalized spacial score (nSPS) is 20.4. The van der Waals surface area contributed by atoms with E-state index in [9.17, 15) is 13.9 Å². The molecular weight excluding hydrogens is 471 g/mol. The molecule has 1 N–H and O–H groups in total. The van der Waals surface area contributed by atoms with Crippen molar-refractivity contribution in [3.63, 3.8) is 0 Å². The number of halogens is 5. The van der Waals surface area contributed by atoms with Crippen molar-refractivity contribution < 1.29 is 23.5 Å². The predicted molar refractivity (Wildman–Crippen MR) is 118 cm³/mol. The van der Waals surface area contributed by atoms with Crippen molar-refractivity contribution in [1.29, 1.82) is 0 Å². The molecule has 9 heteroatoms. The van der Waals surface area contributed by atoms with Gasteiger partial charge in [0.1, 0.15) is 0 Å². The average molecular weight is 493 g/mol. The molecule has 0 aromatic heterocycles. The van der Waals surface area contributed by atoms with Gasteiger partial charge in [-0.05, 0) is 74.7 Å². The lowest BCUT2D eigenvalue weighted by atomic mass is 9.86. The maximum atomic E-state index is 14.6. The van der Waals surface area contributed by atoms with E-state index in [2.05, 4.69) is 5.16 Å². The monoisotopic (exact) mass is 491 g/mol. The molecule has 168 valence electrons. The molecule has 0 spiro atoms. The molecule has 0 amide bonds. The highest BCUT2D eigenvalue weighted by Gasteiger charge is 2.60. The van der Waals surface area contributed by atoms with Crippen LogP contribution in [0.5, 0.6) is 0 Å². The molecule has 0 aliphatic carbocycles. The van der Waals surface area contributed by atoms with Gasteiger partial charge in [0.2, 0.25) is 5.60 Å². The summed E-state index contributed by atoms with van der Waals surface area (Å²) in [5, 5.41) is 10.8. The number of hydrogen-bond acceptors (Lipinski definition) is 4. The van der Waals surface area contributed by atoms with Gasteiger partial charge in [-0.15, -0.1) is 0 Å². The molecule has 2 unspecified atom stereocenters. The first kappa shape index (κ1) is 24.2. The fraction of sp³-hybridized carbons (Fsp3) is 0.409. The van der Waals surface area contributed by atoms with E-state index in [1.165, 1.54) is 18.2 Å². The van der Waals surface area contributed by atoms with E-state index in [0.29, 0.717) is 16.7 Å². The summed E-state index contributed by atoms with van der Waals surface area (Å²) in [7, 11) is 0. The van der Waals surface area contributed by atoms with Crippen LogP contribution in [0, 0.1) is 6.92 Å². The summed E-state index contributed by atoms with van der Waals surface area (Å²) in [6.07, 6.45) is -1.43. The van der Waals surface area contributed by atoms with Gasteiger partial charge in [0.15, 0.2) is 6.29 Å². The molecule has 0 saturated heterocycles. The van der Waals surface area contributed by atoms with Gasteiger partial charge in [-0.25, -0.2) is 0 Å². The quantitative estimate of drug-likeness (QED) is 0.362. The summed E-state index contributed by atoms with van der Waals surface area (Å²) in [6, 6.07) is 9.13. The number of hydrogen-bond donors (Lipinski definition) is 1. The predicted octanol–water partition coefficient (Wildman–Crippen LogP) is 6.96. The third-order valence-electron chi connectivity index (χ3n) is 4.85.